The summed E-state index contributed by atoms with van der Waals surface area (Å²) < 4.78 is 1.88. The molecule has 1 amide bonds. The number of carbonyl (C=O) groups excluding carboxylic acids is 1. The number of hydrazone groups is 1. The molecular weight excluding hydrogens is 598 g/mol. The predicted octanol–water partition coefficient (Wildman–Crippen LogP) is 7.28. The number of carbonyl (C=O) groups is 2. The highest BCUT2D eigenvalue weighted by molar-refractivity contribution is 9.10. The number of rotatable bonds is 6. The number of aliphatic carboxylic acids is 1. The van der Waals surface area contributed by atoms with Crippen molar-refractivity contribution >= 4 is 60.4 Å². The molecule has 0 saturated heterocycles. The molecule has 1 aliphatic rings. The topological polar surface area (TPSA) is 82.9 Å². The first-order valence-electron chi connectivity index (χ1n) is 11.8. The summed E-state index contributed by atoms with van der Waals surface area (Å²) in [5.74, 6) is -1.33. The first-order valence-corrected chi connectivity index (χ1v) is 13.4. The van der Waals surface area contributed by atoms with Crippen molar-refractivity contribution in [2.24, 2.45) is 5.10 Å². The average molecular weight is 621 g/mol. The average Bonchev–Trinajstić information content (AvgIpc) is 3.32. The molecule has 8 heteroatoms. The summed E-state index contributed by atoms with van der Waals surface area (Å²) in [7, 11) is 0. The Kier molecular flexibility index (Phi) is 7.22. The number of nitrogens with zero attached hydrogens (tertiary/aromatic N) is 3. The fourth-order valence-corrected chi connectivity index (χ4v) is 5.41. The largest absolute Gasteiger partial charge is 0.481 e. The lowest BCUT2D eigenvalue weighted by Crippen LogP contribution is -2.27. The normalized spacial score (nSPS) is 15.2. The number of pyridine rings is 1. The van der Waals surface area contributed by atoms with Crippen molar-refractivity contribution < 1.29 is 14.7 Å². The van der Waals surface area contributed by atoms with E-state index >= 15 is 0 Å². The van der Waals surface area contributed by atoms with E-state index in [0.717, 1.165) is 53.5 Å². The lowest BCUT2D eigenvalue weighted by atomic mass is 9.89. The van der Waals surface area contributed by atoms with Gasteiger partial charge in [0.1, 0.15) is 0 Å². The zero-order chi connectivity index (χ0) is 26.1. The van der Waals surface area contributed by atoms with Crippen molar-refractivity contribution in [2.45, 2.75) is 32.2 Å². The van der Waals surface area contributed by atoms with Gasteiger partial charge in [0.05, 0.1) is 23.7 Å². The quantitative estimate of drug-likeness (QED) is 0.246. The molecule has 0 spiro atoms. The van der Waals surface area contributed by atoms with E-state index in [0.29, 0.717) is 6.42 Å². The van der Waals surface area contributed by atoms with Crippen molar-refractivity contribution in [1.82, 2.24) is 9.99 Å². The molecule has 0 fully saturated rings. The van der Waals surface area contributed by atoms with Crippen LogP contribution in [-0.4, -0.2) is 32.7 Å². The molecule has 0 bridgehead atoms. The van der Waals surface area contributed by atoms with Crippen LogP contribution in [0.3, 0.4) is 0 Å². The van der Waals surface area contributed by atoms with E-state index in [1.54, 1.807) is 0 Å². The Balaban J connectivity index is 1.69. The lowest BCUT2D eigenvalue weighted by molar-refractivity contribution is -0.141. The maximum Gasteiger partial charge on any atom is 0.303 e. The van der Waals surface area contributed by atoms with Gasteiger partial charge < -0.3 is 5.11 Å². The Morgan fingerprint density at radius 2 is 1.65 bits per heavy atom. The highest BCUT2D eigenvalue weighted by Gasteiger charge is 2.35. The van der Waals surface area contributed by atoms with E-state index in [2.05, 4.69) is 50.1 Å². The number of carboxylic acid groups (broad SMARTS) is 1. The molecule has 186 valence electrons. The van der Waals surface area contributed by atoms with Crippen LogP contribution in [0.25, 0.3) is 22.0 Å². The molecule has 1 N–H and O–H groups in total. The van der Waals surface area contributed by atoms with E-state index in [9.17, 15) is 9.59 Å². The van der Waals surface area contributed by atoms with Crippen LogP contribution in [0.15, 0.2) is 86.8 Å². The fraction of sp³-hybridized carbons (Fsp3) is 0.172. The second-order valence-electron chi connectivity index (χ2n) is 8.92. The fourth-order valence-electron chi connectivity index (χ4n) is 4.78. The van der Waals surface area contributed by atoms with Gasteiger partial charge in [0.2, 0.25) is 5.91 Å². The molecule has 2 heterocycles. The number of aromatic nitrogens is 1. The molecular formula is C29H23Br2N3O3. The highest BCUT2D eigenvalue weighted by atomic mass is 79.9. The van der Waals surface area contributed by atoms with Gasteiger partial charge in [-0.2, -0.15) is 5.10 Å². The van der Waals surface area contributed by atoms with Crippen molar-refractivity contribution in [3.63, 3.8) is 0 Å². The summed E-state index contributed by atoms with van der Waals surface area (Å²) in [6.07, 6.45) is 0.127. The van der Waals surface area contributed by atoms with Crippen LogP contribution < -0.4 is 0 Å². The summed E-state index contributed by atoms with van der Waals surface area (Å²) in [5, 5.41) is 16.4. The number of fused-ring (bicyclic) bond motifs is 1. The monoisotopic (exact) mass is 619 g/mol. The Morgan fingerprint density at radius 3 is 2.35 bits per heavy atom. The van der Waals surface area contributed by atoms with Gasteiger partial charge in [-0.15, -0.1) is 0 Å². The third kappa shape index (κ3) is 5.22. The predicted molar refractivity (Wildman–Crippen MR) is 151 cm³/mol. The lowest BCUT2D eigenvalue weighted by Gasteiger charge is -2.22. The van der Waals surface area contributed by atoms with E-state index in [1.807, 2.05) is 61.5 Å². The van der Waals surface area contributed by atoms with Crippen molar-refractivity contribution in [1.29, 1.82) is 0 Å². The van der Waals surface area contributed by atoms with E-state index in [1.165, 1.54) is 5.01 Å². The van der Waals surface area contributed by atoms with Gasteiger partial charge in [0.15, 0.2) is 0 Å². The van der Waals surface area contributed by atoms with Crippen LogP contribution in [-0.2, 0) is 9.59 Å². The SMILES string of the molecule is Cc1nc2ccc(Br)cc2c(-c2ccccc2)c1C1=NN(C(=O)CCC(=O)O)[C@@H](c2ccc(Br)cc2)C1. The number of benzene rings is 3. The van der Waals surface area contributed by atoms with Gasteiger partial charge in [-0.25, -0.2) is 5.01 Å². The standard InChI is InChI=1S/C29H23Br2N3O3/c1-17-28(29(19-5-3-2-4-6-19)22-15-21(31)11-12-23(22)32-17)24-16-25(18-7-9-20(30)10-8-18)34(33-24)26(35)13-14-27(36)37/h2-12,15,25H,13-14,16H2,1H3,(H,36,37)/t25-/m1/s1. The molecule has 6 nitrogen and oxygen atoms in total. The smallest absolute Gasteiger partial charge is 0.303 e. The highest BCUT2D eigenvalue weighted by Crippen LogP contribution is 2.40. The first kappa shape index (κ1) is 25.3. The van der Waals surface area contributed by atoms with E-state index in [-0.39, 0.29) is 24.8 Å². The molecule has 0 unspecified atom stereocenters. The minimum atomic E-state index is -1.01. The number of hydrogen-bond donors (Lipinski definition) is 1. The van der Waals surface area contributed by atoms with Crippen molar-refractivity contribution in [3.05, 3.63) is 98.6 Å². The first-order chi connectivity index (χ1) is 17.8. The minimum absolute atomic E-state index is 0.118. The van der Waals surface area contributed by atoms with Crippen molar-refractivity contribution in [3.8, 4) is 11.1 Å². The maximum absolute atomic E-state index is 13.2. The molecule has 0 radical (unpaired) electrons. The van der Waals surface area contributed by atoms with Gasteiger partial charge in [0.25, 0.3) is 0 Å². The zero-order valence-electron chi connectivity index (χ0n) is 20.0. The summed E-state index contributed by atoms with van der Waals surface area (Å²) in [6.45, 7) is 1.97. The third-order valence-corrected chi connectivity index (χ3v) is 7.47. The van der Waals surface area contributed by atoms with Crippen LogP contribution in [0.5, 0.6) is 0 Å². The summed E-state index contributed by atoms with van der Waals surface area (Å²) in [6, 6.07) is 23.6. The maximum atomic E-state index is 13.2. The van der Waals surface area contributed by atoms with Gasteiger partial charge in [-0.1, -0.05) is 74.3 Å². The number of halogens is 2. The van der Waals surface area contributed by atoms with E-state index < -0.39 is 5.97 Å². The molecule has 0 saturated carbocycles. The number of hydrogen-bond acceptors (Lipinski definition) is 4. The molecule has 1 aliphatic heterocycles. The van der Waals surface area contributed by atoms with Gasteiger partial charge >= 0.3 is 5.97 Å². The molecule has 5 rings (SSSR count). The molecule has 0 aliphatic carbocycles. The summed E-state index contributed by atoms with van der Waals surface area (Å²) in [5.41, 5.74) is 6.32. The van der Waals surface area contributed by atoms with Crippen LogP contribution in [0.2, 0.25) is 0 Å². The molecule has 4 aromatic rings. The van der Waals surface area contributed by atoms with E-state index in [4.69, 9.17) is 15.2 Å². The zero-order valence-corrected chi connectivity index (χ0v) is 23.2. The summed E-state index contributed by atoms with van der Waals surface area (Å²) in [4.78, 5) is 29.3. The second-order valence-corrected chi connectivity index (χ2v) is 10.8. The number of aryl methyl sites for hydroxylation is 1. The van der Waals surface area contributed by atoms with Crippen LogP contribution in [0, 0.1) is 6.92 Å². The Morgan fingerprint density at radius 1 is 0.946 bits per heavy atom. The second kappa shape index (κ2) is 10.6. The molecule has 3 aromatic carbocycles. The molecule has 1 atom stereocenters. The van der Waals surface area contributed by atoms with Gasteiger partial charge in [-0.05, 0) is 48.4 Å². The Hall–Kier alpha value is -3.36. The van der Waals surface area contributed by atoms with Crippen LogP contribution in [0.4, 0.5) is 0 Å². The van der Waals surface area contributed by atoms with Crippen molar-refractivity contribution in [2.75, 3.05) is 0 Å². The minimum Gasteiger partial charge on any atom is -0.481 e. The third-order valence-electron chi connectivity index (χ3n) is 6.45. The van der Waals surface area contributed by atoms with Crippen LogP contribution in [0.1, 0.15) is 42.1 Å². The Bertz CT molecular complexity index is 1540. The number of amides is 1. The summed E-state index contributed by atoms with van der Waals surface area (Å²) >= 11 is 7.08. The van der Waals surface area contributed by atoms with Gasteiger partial charge in [0, 0.05) is 44.0 Å². The van der Waals surface area contributed by atoms with Gasteiger partial charge in [-0.3, -0.25) is 14.6 Å². The number of carboxylic acids is 1. The van der Waals surface area contributed by atoms with Crippen LogP contribution >= 0.6 is 31.9 Å². The Labute approximate surface area is 231 Å². The molecule has 1 aromatic heterocycles. The molecule has 37 heavy (non-hydrogen) atoms.